The van der Waals surface area contributed by atoms with Crippen molar-refractivity contribution in [2.75, 3.05) is 40.3 Å². The number of piperazine rings is 1. The minimum Gasteiger partial charge on any atom is -0.497 e. The van der Waals surface area contributed by atoms with Gasteiger partial charge in [0.05, 0.1) is 19.3 Å². The van der Waals surface area contributed by atoms with Crippen molar-refractivity contribution in [2.45, 2.75) is 6.67 Å². The van der Waals surface area contributed by atoms with Gasteiger partial charge in [0.1, 0.15) is 5.75 Å². The van der Waals surface area contributed by atoms with Gasteiger partial charge in [0.25, 0.3) is 5.91 Å². The van der Waals surface area contributed by atoms with Gasteiger partial charge >= 0.3 is 0 Å². The molecule has 8 nitrogen and oxygen atoms in total. The molecule has 1 fully saturated rings. The number of ether oxygens (including phenoxy) is 1. The molecule has 30 heavy (non-hydrogen) atoms. The molecule has 0 unspecified atom stereocenters. The third kappa shape index (κ3) is 4.05. The Bertz CT molecular complexity index is 1070. The predicted molar refractivity (Wildman–Crippen MR) is 115 cm³/mol. The number of aromatic nitrogens is 1. The van der Waals surface area contributed by atoms with E-state index in [9.17, 15) is 9.90 Å². The van der Waals surface area contributed by atoms with Gasteiger partial charge in [-0.3, -0.25) is 14.3 Å². The van der Waals surface area contributed by atoms with Crippen molar-refractivity contribution in [2.24, 2.45) is 10.2 Å². The van der Waals surface area contributed by atoms with Crippen molar-refractivity contribution in [3.05, 3.63) is 54.1 Å². The van der Waals surface area contributed by atoms with E-state index in [0.717, 1.165) is 37.1 Å². The molecule has 3 aromatic rings. The third-order valence-corrected chi connectivity index (χ3v) is 5.43. The molecule has 8 heteroatoms. The summed E-state index contributed by atoms with van der Waals surface area (Å²) in [5, 5.41) is 19.6. The lowest BCUT2D eigenvalue weighted by Gasteiger charge is -2.32. The van der Waals surface area contributed by atoms with Gasteiger partial charge in [0, 0.05) is 37.1 Å². The van der Waals surface area contributed by atoms with Crippen LogP contribution in [0.25, 0.3) is 10.9 Å². The Morgan fingerprint density at radius 1 is 1.07 bits per heavy atom. The molecule has 1 amide bonds. The zero-order valence-corrected chi connectivity index (χ0v) is 17.2. The zero-order valence-electron chi connectivity index (χ0n) is 17.2. The number of benzene rings is 2. The summed E-state index contributed by atoms with van der Waals surface area (Å²) in [6, 6.07) is 14.3. The molecule has 0 saturated carbocycles. The number of methoxy groups -OCH3 is 1. The van der Waals surface area contributed by atoms with Gasteiger partial charge in [-0.15, -0.1) is 10.2 Å². The molecular formula is C22H25N5O3. The fourth-order valence-corrected chi connectivity index (χ4v) is 3.59. The van der Waals surface area contributed by atoms with Gasteiger partial charge in [-0.05, 0) is 37.4 Å². The average Bonchev–Trinajstić information content (AvgIpc) is 3.04. The van der Waals surface area contributed by atoms with E-state index in [2.05, 4.69) is 27.1 Å². The molecule has 0 spiro atoms. The van der Waals surface area contributed by atoms with Crippen molar-refractivity contribution in [1.29, 1.82) is 0 Å². The van der Waals surface area contributed by atoms with E-state index in [-0.39, 0.29) is 5.88 Å². The van der Waals surface area contributed by atoms with E-state index in [1.165, 1.54) is 0 Å². The van der Waals surface area contributed by atoms with Crippen LogP contribution in [-0.4, -0.2) is 65.7 Å². The van der Waals surface area contributed by atoms with E-state index in [1.54, 1.807) is 31.4 Å². The summed E-state index contributed by atoms with van der Waals surface area (Å²) in [4.78, 5) is 17.0. The summed E-state index contributed by atoms with van der Waals surface area (Å²) in [5.41, 5.74) is 1.57. The van der Waals surface area contributed by atoms with Gasteiger partial charge < -0.3 is 14.7 Å². The van der Waals surface area contributed by atoms with E-state index in [1.807, 2.05) is 28.8 Å². The van der Waals surface area contributed by atoms with Crippen molar-refractivity contribution >= 4 is 22.5 Å². The summed E-state index contributed by atoms with van der Waals surface area (Å²) in [6.07, 6.45) is 0. The van der Waals surface area contributed by atoms with Gasteiger partial charge in [0.15, 0.2) is 5.69 Å². The van der Waals surface area contributed by atoms with Crippen LogP contribution in [0.5, 0.6) is 11.6 Å². The average molecular weight is 407 g/mol. The lowest BCUT2D eigenvalue weighted by molar-refractivity contribution is 0.0995. The third-order valence-electron chi connectivity index (χ3n) is 5.43. The Kier molecular flexibility index (Phi) is 5.78. The summed E-state index contributed by atoms with van der Waals surface area (Å²) in [6.45, 7) is 4.39. The molecule has 0 radical (unpaired) electrons. The number of amides is 1. The predicted octanol–water partition coefficient (Wildman–Crippen LogP) is 3.48. The maximum absolute atomic E-state index is 12.4. The Balaban J connectivity index is 1.61. The normalized spacial score (nSPS) is 15.8. The Morgan fingerprint density at radius 2 is 1.77 bits per heavy atom. The molecular weight excluding hydrogens is 382 g/mol. The van der Waals surface area contributed by atoms with Crippen LogP contribution in [0.1, 0.15) is 10.4 Å². The lowest BCUT2D eigenvalue weighted by atomic mass is 10.2. The number of nitrogens with zero attached hydrogens (tertiary/aromatic N) is 5. The maximum atomic E-state index is 12.4. The highest BCUT2D eigenvalue weighted by atomic mass is 16.5. The minimum atomic E-state index is -0.479. The Morgan fingerprint density at radius 3 is 2.47 bits per heavy atom. The number of hydrogen-bond acceptors (Lipinski definition) is 6. The van der Waals surface area contributed by atoms with Gasteiger partial charge in [0.2, 0.25) is 5.88 Å². The number of carbonyl (C=O) groups excluding carboxylic acids is 1. The van der Waals surface area contributed by atoms with Crippen LogP contribution in [0.4, 0.5) is 5.69 Å². The monoisotopic (exact) mass is 407 g/mol. The molecule has 2 heterocycles. The van der Waals surface area contributed by atoms with Crippen LogP contribution >= 0.6 is 0 Å². The number of hydrogen-bond donors (Lipinski definition) is 1. The van der Waals surface area contributed by atoms with Gasteiger partial charge in [-0.2, -0.15) is 0 Å². The summed E-state index contributed by atoms with van der Waals surface area (Å²) < 4.78 is 6.93. The van der Waals surface area contributed by atoms with Crippen molar-refractivity contribution in [3.63, 3.8) is 0 Å². The number of aromatic hydroxyl groups is 1. The number of fused-ring (bicyclic) bond motifs is 1. The molecule has 1 N–H and O–H groups in total. The highest BCUT2D eigenvalue weighted by Crippen LogP contribution is 2.39. The first kappa shape index (κ1) is 20.1. The molecule has 156 valence electrons. The SMILES string of the molecule is COc1ccc(C(=O)N=Nc2c(O)n(CN3CCN(C)CC3)c3ccccc23)cc1. The second-order valence-electron chi connectivity index (χ2n) is 7.41. The fourth-order valence-electron chi connectivity index (χ4n) is 3.59. The van der Waals surface area contributed by atoms with Crippen LogP contribution in [0.15, 0.2) is 58.8 Å². The molecule has 0 bridgehead atoms. The van der Waals surface area contributed by atoms with Gasteiger partial charge in [-0.25, -0.2) is 0 Å². The van der Waals surface area contributed by atoms with Crippen LogP contribution in [0.3, 0.4) is 0 Å². The van der Waals surface area contributed by atoms with Crippen molar-refractivity contribution in [3.8, 4) is 11.6 Å². The van der Waals surface area contributed by atoms with E-state index in [4.69, 9.17) is 4.74 Å². The number of para-hydroxylation sites is 1. The Hall–Kier alpha value is -3.23. The van der Waals surface area contributed by atoms with Crippen molar-refractivity contribution in [1.82, 2.24) is 14.4 Å². The zero-order chi connectivity index (χ0) is 21.1. The second-order valence-corrected chi connectivity index (χ2v) is 7.41. The standard InChI is InChI=1S/C22H25N5O3/c1-25-11-13-26(14-12-25)15-27-19-6-4-3-5-18(19)20(22(27)29)23-24-21(28)16-7-9-17(30-2)10-8-16/h3-10,29H,11-15H2,1-2H3. The molecule has 1 aliphatic rings. The van der Waals surface area contributed by atoms with E-state index in [0.29, 0.717) is 23.7 Å². The maximum Gasteiger partial charge on any atom is 0.295 e. The largest absolute Gasteiger partial charge is 0.497 e. The number of rotatable bonds is 5. The molecule has 2 aromatic carbocycles. The lowest BCUT2D eigenvalue weighted by Crippen LogP contribution is -2.44. The molecule has 1 saturated heterocycles. The molecule has 1 aromatic heterocycles. The second kappa shape index (κ2) is 8.64. The first-order valence-corrected chi connectivity index (χ1v) is 9.88. The number of likely N-dealkylation sites (N-methyl/N-ethyl adjacent to an activating group) is 1. The van der Waals surface area contributed by atoms with Crippen molar-refractivity contribution < 1.29 is 14.6 Å². The minimum absolute atomic E-state index is 0.0152. The highest BCUT2D eigenvalue weighted by Gasteiger charge is 2.20. The van der Waals surface area contributed by atoms with Crippen LogP contribution in [-0.2, 0) is 6.67 Å². The fraction of sp³-hybridized carbons (Fsp3) is 0.318. The molecule has 0 atom stereocenters. The van der Waals surface area contributed by atoms with E-state index >= 15 is 0 Å². The topological polar surface area (TPSA) is 82.7 Å². The summed E-state index contributed by atoms with van der Waals surface area (Å²) in [7, 11) is 3.68. The van der Waals surface area contributed by atoms with Crippen LogP contribution in [0, 0.1) is 0 Å². The molecule has 0 aliphatic carbocycles. The number of azo groups is 1. The summed E-state index contributed by atoms with van der Waals surface area (Å²) >= 11 is 0. The first-order valence-electron chi connectivity index (χ1n) is 9.88. The number of carbonyl (C=O) groups is 1. The quantitative estimate of drug-likeness (QED) is 0.655. The molecule has 4 rings (SSSR count). The summed E-state index contributed by atoms with van der Waals surface area (Å²) in [5.74, 6) is 0.197. The molecule has 1 aliphatic heterocycles. The van der Waals surface area contributed by atoms with Gasteiger partial charge in [-0.1, -0.05) is 18.2 Å². The van der Waals surface area contributed by atoms with E-state index < -0.39 is 5.91 Å². The Labute approximate surface area is 175 Å². The van der Waals surface area contributed by atoms with Crippen LogP contribution in [0.2, 0.25) is 0 Å². The first-order chi connectivity index (χ1) is 14.6. The smallest absolute Gasteiger partial charge is 0.295 e. The van der Waals surface area contributed by atoms with Crippen LogP contribution < -0.4 is 4.74 Å². The highest BCUT2D eigenvalue weighted by molar-refractivity contribution is 5.97.